The van der Waals surface area contributed by atoms with E-state index in [2.05, 4.69) is 31.4 Å². The summed E-state index contributed by atoms with van der Waals surface area (Å²) < 4.78 is 5.23. The van der Waals surface area contributed by atoms with Gasteiger partial charge in [0.05, 0.1) is 0 Å². The minimum atomic E-state index is -0.529. The van der Waals surface area contributed by atoms with Gasteiger partial charge in [0.15, 0.2) is 0 Å². The first-order valence-corrected chi connectivity index (χ1v) is 10.2. The molecule has 9 heteroatoms. The molecule has 0 bridgehead atoms. The first-order chi connectivity index (χ1) is 14.3. The number of piperidine rings is 1. The van der Waals surface area contributed by atoms with E-state index in [1.165, 1.54) is 0 Å². The van der Waals surface area contributed by atoms with Crippen LogP contribution in [0.15, 0.2) is 42.2 Å². The highest BCUT2D eigenvalue weighted by atomic mass is 16.6. The molecule has 0 spiro atoms. The highest BCUT2D eigenvalue weighted by Crippen LogP contribution is 2.18. The summed E-state index contributed by atoms with van der Waals surface area (Å²) in [7, 11) is 0. The lowest BCUT2D eigenvalue weighted by molar-refractivity contribution is 0.0484. The highest BCUT2D eigenvalue weighted by molar-refractivity contribution is 5.94. The molecule has 2 amide bonds. The van der Waals surface area contributed by atoms with Crippen LogP contribution in [0.5, 0.6) is 0 Å². The molecule has 0 unspecified atom stereocenters. The number of nitrogens with one attached hydrogen (secondary N) is 4. The molecule has 3 rings (SSSR count). The third kappa shape index (κ3) is 6.48. The normalized spacial score (nSPS) is 17.0. The maximum atomic E-state index is 12.5. The number of dihydropyridines is 1. The van der Waals surface area contributed by atoms with Crippen LogP contribution in [0, 0.1) is 0 Å². The highest BCUT2D eigenvalue weighted by Gasteiger charge is 2.22. The lowest BCUT2D eigenvalue weighted by Gasteiger charge is -2.33. The van der Waals surface area contributed by atoms with Crippen LogP contribution >= 0.6 is 0 Å². The molecule has 9 nitrogen and oxygen atoms in total. The van der Waals surface area contributed by atoms with Crippen LogP contribution in [-0.2, 0) is 4.74 Å². The fourth-order valence-electron chi connectivity index (χ4n) is 3.18. The summed E-state index contributed by atoms with van der Waals surface area (Å²) in [5, 5.41) is 5.91. The number of hydrogen-bond donors (Lipinski definition) is 4. The molecule has 4 N–H and O–H groups in total. The molecule has 1 fully saturated rings. The van der Waals surface area contributed by atoms with Crippen molar-refractivity contribution < 1.29 is 14.3 Å². The minimum absolute atomic E-state index is 0.152. The fraction of sp³-hybridized carbons (Fsp3) is 0.476. The van der Waals surface area contributed by atoms with E-state index >= 15 is 0 Å². The molecule has 1 saturated heterocycles. The number of carbonyl (C=O) groups is 2. The van der Waals surface area contributed by atoms with Crippen LogP contribution in [-0.4, -0.2) is 48.3 Å². The Bertz CT molecular complexity index is 822. The van der Waals surface area contributed by atoms with Crippen LogP contribution in [0.3, 0.4) is 0 Å². The molecule has 0 atom stereocenters. The first-order valence-electron chi connectivity index (χ1n) is 10.2. The van der Waals surface area contributed by atoms with Crippen molar-refractivity contribution in [1.82, 2.24) is 26.5 Å². The van der Waals surface area contributed by atoms with Crippen molar-refractivity contribution in [3.8, 4) is 0 Å². The second-order valence-electron chi connectivity index (χ2n) is 8.27. The Kier molecular flexibility index (Phi) is 6.94. The van der Waals surface area contributed by atoms with E-state index in [0.717, 1.165) is 37.4 Å². The summed E-state index contributed by atoms with van der Waals surface area (Å²) in [5.74, 6) is 0.545. The molecule has 0 saturated carbocycles. The van der Waals surface area contributed by atoms with Gasteiger partial charge < -0.3 is 20.3 Å². The number of allylic oxidation sites excluding steroid dienone is 1. The molecule has 3 heterocycles. The Morgan fingerprint density at radius 3 is 2.67 bits per heavy atom. The van der Waals surface area contributed by atoms with Crippen LogP contribution < -0.4 is 26.4 Å². The van der Waals surface area contributed by atoms with Crippen molar-refractivity contribution in [2.75, 3.05) is 24.5 Å². The van der Waals surface area contributed by atoms with E-state index < -0.39 is 11.7 Å². The molecule has 30 heavy (non-hydrogen) atoms. The van der Waals surface area contributed by atoms with E-state index in [0.29, 0.717) is 12.2 Å². The molecular weight excluding hydrogens is 384 g/mol. The molecule has 1 aromatic heterocycles. The Labute approximate surface area is 176 Å². The van der Waals surface area contributed by atoms with Crippen molar-refractivity contribution in [3.63, 3.8) is 0 Å². The summed E-state index contributed by atoms with van der Waals surface area (Å²) in [6.45, 7) is 7.70. The van der Waals surface area contributed by atoms with Gasteiger partial charge in [-0.25, -0.2) is 15.2 Å². The number of nitrogens with zero attached hydrogens (tertiary/aromatic N) is 2. The number of amides is 2. The van der Waals surface area contributed by atoms with Crippen molar-refractivity contribution in [2.24, 2.45) is 0 Å². The number of aromatic nitrogens is 1. The van der Waals surface area contributed by atoms with Gasteiger partial charge >= 0.3 is 6.09 Å². The van der Waals surface area contributed by atoms with Gasteiger partial charge in [0, 0.05) is 31.4 Å². The van der Waals surface area contributed by atoms with Gasteiger partial charge in [-0.05, 0) is 64.1 Å². The average Bonchev–Trinajstić information content (AvgIpc) is 2.72. The van der Waals surface area contributed by atoms with Gasteiger partial charge in [0.1, 0.15) is 17.1 Å². The predicted octanol–water partition coefficient (Wildman–Crippen LogP) is 1.81. The van der Waals surface area contributed by atoms with Crippen molar-refractivity contribution >= 4 is 17.8 Å². The maximum absolute atomic E-state index is 12.5. The SMILES string of the molecule is CC(C)(C)OC(=O)NNC1CCN(c2cccc(C(=O)NC3=CCNC=C3)n2)CC1. The second-order valence-corrected chi connectivity index (χ2v) is 8.27. The number of pyridine rings is 1. The van der Waals surface area contributed by atoms with Crippen molar-refractivity contribution in [3.05, 3.63) is 47.9 Å². The minimum Gasteiger partial charge on any atom is -0.443 e. The second kappa shape index (κ2) is 9.62. The van der Waals surface area contributed by atoms with E-state index in [4.69, 9.17) is 4.74 Å². The average molecular weight is 415 g/mol. The molecule has 2 aliphatic rings. The van der Waals surface area contributed by atoms with E-state index in [-0.39, 0.29) is 11.9 Å². The van der Waals surface area contributed by atoms with Gasteiger partial charge in [-0.1, -0.05) is 6.07 Å². The topological polar surface area (TPSA) is 108 Å². The summed E-state index contributed by atoms with van der Waals surface area (Å²) >= 11 is 0. The summed E-state index contributed by atoms with van der Waals surface area (Å²) in [6, 6.07) is 5.62. The summed E-state index contributed by atoms with van der Waals surface area (Å²) in [5.41, 5.74) is 6.26. The third-order valence-electron chi connectivity index (χ3n) is 4.64. The lowest BCUT2D eigenvalue weighted by atomic mass is 10.1. The molecule has 2 aliphatic heterocycles. The van der Waals surface area contributed by atoms with Crippen molar-refractivity contribution in [1.29, 1.82) is 0 Å². The summed E-state index contributed by atoms with van der Waals surface area (Å²) in [6.07, 6.45) is 6.70. The number of anilines is 1. The molecular formula is C21H30N6O3. The van der Waals surface area contributed by atoms with E-state index in [1.807, 2.05) is 45.1 Å². The van der Waals surface area contributed by atoms with Crippen molar-refractivity contribution in [2.45, 2.75) is 45.3 Å². The zero-order chi connectivity index (χ0) is 21.6. The number of ether oxygens (including phenoxy) is 1. The number of hydrogen-bond acceptors (Lipinski definition) is 7. The van der Waals surface area contributed by atoms with E-state index in [9.17, 15) is 9.59 Å². The van der Waals surface area contributed by atoms with Crippen LogP contribution in [0.2, 0.25) is 0 Å². The zero-order valence-corrected chi connectivity index (χ0v) is 17.7. The zero-order valence-electron chi connectivity index (χ0n) is 17.7. The Balaban J connectivity index is 1.49. The first kappa shape index (κ1) is 21.6. The van der Waals surface area contributed by atoms with Crippen LogP contribution in [0.25, 0.3) is 0 Å². The van der Waals surface area contributed by atoms with E-state index in [1.54, 1.807) is 12.3 Å². The Morgan fingerprint density at radius 1 is 1.23 bits per heavy atom. The monoisotopic (exact) mass is 414 g/mol. The summed E-state index contributed by atoms with van der Waals surface area (Å²) in [4.78, 5) is 30.9. The quantitative estimate of drug-likeness (QED) is 0.544. The third-order valence-corrected chi connectivity index (χ3v) is 4.64. The van der Waals surface area contributed by atoms with Gasteiger partial charge in [0.2, 0.25) is 0 Å². The number of rotatable bonds is 5. The molecule has 0 aromatic carbocycles. The number of carbonyl (C=O) groups excluding carboxylic acids is 2. The Hall–Kier alpha value is -3.07. The van der Waals surface area contributed by atoms with Crippen LogP contribution in [0.1, 0.15) is 44.1 Å². The lowest BCUT2D eigenvalue weighted by Crippen LogP contribution is -2.50. The molecule has 1 aromatic rings. The molecule has 0 radical (unpaired) electrons. The smallest absolute Gasteiger partial charge is 0.422 e. The van der Waals surface area contributed by atoms with Crippen LogP contribution in [0.4, 0.5) is 10.6 Å². The van der Waals surface area contributed by atoms with Gasteiger partial charge in [-0.2, -0.15) is 0 Å². The van der Waals surface area contributed by atoms with Gasteiger partial charge in [-0.3, -0.25) is 10.2 Å². The largest absolute Gasteiger partial charge is 0.443 e. The molecule has 0 aliphatic carbocycles. The predicted molar refractivity (Wildman–Crippen MR) is 115 cm³/mol. The molecule has 162 valence electrons. The van der Waals surface area contributed by atoms with Gasteiger partial charge in [-0.15, -0.1) is 0 Å². The number of hydrazine groups is 1. The fourth-order valence-corrected chi connectivity index (χ4v) is 3.18. The van der Waals surface area contributed by atoms with Gasteiger partial charge in [0.25, 0.3) is 5.91 Å². The Morgan fingerprint density at radius 2 is 2.00 bits per heavy atom. The maximum Gasteiger partial charge on any atom is 0.422 e. The standard InChI is InChI=1S/C21H30N6O3/c1-21(2,3)30-20(29)26-25-16-9-13-27(14-10-16)18-6-4-5-17(24-18)19(28)23-15-7-11-22-12-8-15/h4-8,11,16,22,25H,9-10,12-14H2,1-3H3,(H,23,28)(H,26,29).